The molecule has 3 rings (SSSR count). The molecule has 1 aliphatic rings. The molecule has 9 heteroatoms. The lowest BCUT2D eigenvalue weighted by molar-refractivity contribution is -0.119. The van der Waals surface area contributed by atoms with Gasteiger partial charge in [-0.3, -0.25) is 14.9 Å². The number of methoxy groups -OCH3 is 1. The van der Waals surface area contributed by atoms with Crippen LogP contribution < -0.4 is 20.5 Å². The first kappa shape index (κ1) is 22.6. The molecule has 0 aliphatic heterocycles. The number of carbonyl (C=O) groups excluding carboxylic acids is 2. The van der Waals surface area contributed by atoms with Crippen LogP contribution in [0.2, 0.25) is 0 Å². The van der Waals surface area contributed by atoms with Crippen LogP contribution in [0.3, 0.4) is 0 Å². The average Bonchev–Trinajstić information content (AvgIpc) is 3.32. The SMILES string of the molecule is COc1cc(CN(C(=S)NC(=O)c2ccco2)C2CCCCC2)ccc1OCC(N)=O. The van der Waals surface area contributed by atoms with Crippen LogP contribution in [0.25, 0.3) is 0 Å². The summed E-state index contributed by atoms with van der Waals surface area (Å²) in [6.07, 6.45) is 6.92. The number of primary amides is 1. The average molecular weight is 446 g/mol. The van der Waals surface area contributed by atoms with E-state index in [1.165, 1.54) is 19.8 Å². The van der Waals surface area contributed by atoms with Crippen LogP contribution in [0.5, 0.6) is 11.5 Å². The monoisotopic (exact) mass is 445 g/mol. The summed E-state index contributed by atoms with van der Waals surface area (Å²) < 4.78 is 16.0. The van der Waals surface area contributed by atoms with Gasteiger partial charge in [0, 0.05) is 12.6 Å². The zero-order valence-electron chi connectivity index (χ0n) is 17.5. The fourth-order valence-electron chi connectivity index (χ4n) is 3.67. The van der Waals surface area contributed by atoms with E-state index in [1.54, 1.807) is 18.2 Å². The number of hydrogen-bond donors (Lipinski definition) is 2. The number of nitrogens with one attached hydrogen (secondary N) is 1. The molecule has 2 amide bonds. The number of nitrogens with zero attached hydrogens (tertiary/aromatic N) is 1. The lowest BCUT2D eigenvalue weighted by Crippen LogP contribution is -2.48. The van der Waals surface area contributed by atoms with Crippen LogP contribution in [-0.4, -0.2) is 41.6 Å². The van der Waals surface area contributed by atoms with E-state index in [2.05, 4.69) is 5.32 Å². The molecule has 8 nitrogen and oxygen atoms in total. The topological polar surface area (TPSA) is 107 Å². The van der Waals surface area contributed by atoms with Crippen molar-refractivity contribution in [3.8, 4) is 11.5 Å². The molecular weight excluding hydrogens is 418 g/mol. The van der Waals surface area contributed by atoms with Gasteiger partial charge in [0.25, 0.3) is 11.8 Å². The van der Waals surface area contributed by atoms with Gasteiger partial charge in [0.05, 0.1) is 13.4 Å². The molecule has 0 atom stereocenters. The molecule has 3 N–H and O–H groups in total. The van der Waals surface area contributed by atoms with Crippen LogP contribution in [0.15, 0.2) is 41.0 Å². The third-order valence-electron chi connectivity index (χ3n) is 5.19. The highest BCUT2D eigenvalue weighted by molar-refractivity contribution is 7.80. The summed E-state index contributed by atoms with van der Waals surface area (Å²) in [6.45, 7) is 0.265. The van der Waals surface area contributed by atoms with E-state index in [9.17, 15) is 9.59 Å². The van der Waals surface area contributed by atoms with E-state index >= 15 is 0 Å². The van der Waals surface area contributed by atoms with E-state index in [0.717, 1.165) is 31.2 Å². The van der Waals surface area contributed by atoms with Crippen molar-refractivity contribution in [3.63, 3.8) is 0 Å². The van der Waals surface area contributed by atoms with E-state index in [0.29, 0.717) is 23.2 Å². The quantitative estimate of drug-likeness (QED) is 0.602. The van der Waals surface area contributed by atoms with Crippen LogP contribution in [0.1, 0.15) is 48.2 Å². The maximum Gasteiger partial charge on any atom is 0.293 e. The van der Waals surface area contributed by atoms with Gasteiger partial charge in [-0.1, -0.05) is 25.3 Å². The fraction of sp³-hybridized carbons (Fsp3) is 0.409. The van der Waals surface area contributed by atoms with Crippen LogP contribution >= 0.6 is 12.2 Å². The van der Waals surface area contributed by atoms with Gasteiger partial charge in [0.15, 0.2) is 29.0 Å². The number of carbonyl (C=O) groups is 2. The molecule has 0 spiro atoms. The Bertz CT molecular complexity index is 910. The molecule has 0 unspecified atom stereocenters. The maximum absolute atomic E-state index is 12.4. The Balaban J connectivity index is 1.77. The van der Waals surface area contributed by atoms with Gasteiger partial charge in [-0.05, 0) is 54.9 Å². The third-order valence-corrected chi connectivity index (χ3v) is 5.53. The number of amides is 2. The minimum absolute atomic E-state index is 0.212. The Hall–Kier alpha value is -3.07. The van der Waals surface area contributed by atoms with Crippen molar-refractivity contribution in [1.29, 1.82) is 0 Å². The van der Waals surface area contributed by atoms with Gasteiger partial charge in [-0.2, -0.15) is 0 Å². The number of thiocarbonyl (C=S) groups is 1. The second kappa shape index (κ2) is 10.8. The Morgan fingerprint density at radius 3 is 2.65 bits per heavy atom. The van der Waals surface area contributed by atoms with E-state index in [4.69, 9.17) is 31.8 Å². The second-order valence-corrected chi connectivity index (χ2v) is 7.78. The number of hydrogen-bond acceptors (Lipinski definition) is 6. The van der Waals surface area contributed by atoms with Gasteiger partial charge < -0.3 is 24.5 Å². The second-order valence-electron chi connectivity index (χ2n) is 7.40. The zero-order chi connectivity index (χ0) is 22.2. The highest BCUT2D eigenvalue weighted by atomic mass is 32.1. The van der Waals surface area contributed by atoms with Gasteiger partial charge in [0.1, 0.15) is 0 Å². The van der Waals surface area contributed by atoms with E-state index in [-0.39, 0.29) is 24.3 Å². The molecule has 1 aromatic heterocycles. The Kier molecular flexibility index (Phi) is 7.88. The first-order chi connectivity index (χ1) is 15.0. The van der Waals surface area contributed by atoms with Gasteiger partial charge in [-0.15, -0.1) is 0 Å². The number of nitrogens with two attached hydrogens (primary N) is 1. The highest BCUT2D eigenvalue weighted by Gasteiger charge is 2.25. The minimum Gasteiger partial charge on any atom is -0.493 e. The van der Waals surface area contributed by atoms with Crippen molar-refractivity contribution < 1.29 is 23.5 Å². The first-order valence-electron chi connectivity index (χ1n) is 10.2. The van der Waals surface area contributed by atoms with Gasteiger partial charge >= 0.3 is 0 Å². The van der Waals surface area contributed by atoms with Crippen molar-refractivity contribution in [2.24, 2.45) is 5.73 Å². The predicted octanol–water partition coefficient (Wildman–Crippen LogP) is 3.00. The number of rotatable bonds is 8. The molecule has 1 fully saturated rings. The Labute approximate surface area is 186 Å². The summed E-state index contributed by atoms with van der Waals surface area (Å²) in [5, 5.41) is 3.15. The Morgan fingerprint density at radius 2 is 2.00 bits per heavy atom. The molecule has 2 aromatic rings. The van der Waals surface area contributed by atoms with Crippen molar-refractivity contribution >= 4 is 29.1 Å². The van der Waals surface area contributed by atoms with Crippen molar-refractivity contribution in [2.75, 3.05) is 13.7 Å². The predicted molar refractivity (Wildman–Crippen MR) is 119 cm³/mol. The maximum atomic E-state index is 12.4. The first-order valence-corrected chi connectivity index (χ1v) is 10.6. The number of benzene rings is 1. The summed E-state index contributed by atoms with van der Waals surface area (Å²) >= 11 is 5.61. The van der Waals surface area contributed by atoms with Crippen molar-refractivity contribution in [3.05, 3.63) is 47.9 Å². The van der Waals surface area contributed by atoms with Crippen molar-refractivity contribution in [1.82, 2.24) is 10.2 Å². The van der Waals surface area contributed by atoms with E-state index < -0.39 is 5.91 Å². The Morgan fingerprint density at radius 1 is 1.23 bits per heavy atom. The molecule has 1 saturated carbocycles. The van der Waals surface area contributed by atoms with Crippen LogP contribution in [-0.2, 0) is 11.3 Å². The normalized spacial score (nSPS) is 14.0. The molecule has 0 radical (unpaired) electrons. The van der Waals surface area contributed by atoms with E-state index in [1.807, 2.05) is 17.0 Å². The molecule has 31 heavy (non-hydrogen) atoms. The van der Waals surface area contributed by atoms with Gasteiger partial charge in [0.2, 0.25) is 0 Å². The summed E-state index contributed by atoms with van der Waals surface area (Å²) in [7, 11) is 1.53. The minimum atomic E-state index is -0.563. The largest absolute Gasteiger partial charge is 0.493 e. The molecular formula is C22H27N3O5S. The molecule has 166 valence electrons. The highest BCUT2D eigenvalue weighted by Crippen LogP contribution is 2.30. The standard InChI is InChI=1S/C22H27N3O5S/c1-28-19-12-15(9-10-17(19)30-14-20(23)26)13-25(16-6-3-2-4-7-16)22(31)24-21(27)18-8-5-11-29-18/h5,8-12,16H,2-4,6-7,13-14H2,1H3,(H2,23,26)(H,24,27,31). The van der Waals surface area contributed by atoms with Gasteiger partial charge in [-0.25, -0.2) is 0 Å². The molecule has 1 heterocycles. The smallest absolute Gasteiger partial charge is 0.293 e. The molecule has 0 saturated heterocycles. The fourth-order valence-corrected chi connectivity index (χ4v) is 3.98. The molecule has 1 aliphatic carbocycles. The number of ether oxygens (including phenoxy) is 2. The van der Waals surface area contributed by atoms with Crippen molar-refractivity contribution in [2.45, 2.75) is 44.7 Å². The molecule has 1 aromatic carbocycles. The van der Waals surface area contributed by atoms with Crippen LogP contribution in [0, 0.1) is 0 Å². The third kappa shape index (κ3) is 6.21. The summed E-state index contributed by atoms with van der Waals surface area (Å²) in [4.78, 5) is 25.5. The molecule has 0 bridgehead atoms. The summed E-state index contributed by atoms with van der Waals surface area (Å²) in [5.74, 6) is 0.204. The number of furan rings is 1. The van der Waals surface area contributed by atoms with Crippen LogP contribution in [0.4, 0.5) is 0 Å². The summed E-state index contributed by atoms with van der Waals surface area (Å²) in [5.41, 5.74) is 6.09. The summed E-state index contributed by atoms with van der Waals surface area (Å²) in [6, 6.07) is 8.94. The lowest BCUT2D eigenvalue weighted by Gasteiger charge is -2.36. The lowest BCUT2D eigenvalue weighted by atomic mass is 9.94. The zero-order valence-corrected chi connectivity index (χ0v) is 18.3.